The lowest BCUT2D eigenvalue weighted by Crippen LogP contribution is -2.28. The summed E-state index contributed by atoms with van der Waals surface area (Å²) in [4.78, 5) is 16.0. The van der Waals surface area contributed by atoms with Gasteiger partial charge in [0.2, 0.25) is 5.91 Å². The number of hydrogen-bond donors (Lipinski definition) is 2. The number of rotatable bonds is 5. The van der Waals surface area contributed by atoms with Crippen molar-refractivity contribution in [3.63, 3.8) is 0 Å². The summed E-state index contributed by atoms with van der Waals surface area (Å²) in [5.74, 6) is 0.332. The van der Waals surface area contributed by atoms with E-state index in [1.165, 1.54) is 11.8 Å². The summed E-state index contributed by atoms with van der Waals surface area (Å²) in [5.41, 5.74) is 7.28. The second kappa shape index (κ2) is 6.96. The summed E-state index contributed by atoms with van der Waals surface area (Å²) < 4.78 is 0. The van der Waals surface area contributed by atoms with Gasteiger partial charge in [-0.15, -0.1) is 0 Å². The molecule has 0 saturated heterocycles. The highest BCUT2D eigenvalue weighted by Crippen LogP contribution is 2.16. The Morgan fingerprint density at radius 2 is 2.05 bits per heavy atom. The SMILES string of the molecule is CC(NC(=O)CSc1ccc(N)cn1)c1ccccc1. The molecule has 0 aliphatic rings. The Balaban J connectivity index is 1.82. The first-order valence-corrected chi connectivity index (χ1v) is 7.32. The molecule has 1 atom stereocenters. The molecule has 0 saturated carbocycles. The van der Waals surface area contributed by atoms with E-state index in [9.17, 15) is 4.79 Å². The van der Waals surface area contributed by atoms with Crippen molar-refractivity contribution in [2.24, 2.45) is 0 Å². The van der Waals surface area contributed by atoms with Crippen LogP contribution in [0.25, 0.3) is 0 Å². The van der Waals surface area contributed by atoms with Crippen LogP contribution in [0.1, 0.15) is 18.5 Å². The van der Waals surface area contributed by atoms with E-state index >= 15 is 0 Å². The maximum Gasteiger partial charge on any atom is 0.230 e. The zero-order chi connectivity index (χ0) is 14.4. The maximum atomic E-state index is 11.9. The van der Waals surface area contributed by atoms with E-state index in [0.29, 0.717) is 11.4 Å². The molecule has 2 rings (SSSR count). The standard InChI is InChI=1S/C15H17N3OS/c1-11(12-5-3-2-4-6-12)18-14(19)10-20-15-8-7-13(16)9-17-15/h2-9,11H,10,16H2,1H3,(H,18,19). The number of carbonyl (C=O) groups is 1. The number of nitrogens with two attached hydrogens (primary N) is 1. The van der Waals surface area contributed by atoms with Crippen LogP contribution in [0.15, 0.2) is 53.7 Å². The highest BCUT2D eigenvalue weighted by atomic mass is 32.2. The Hall–Kier alpha value is -2.01. The Morgan fingerprint density at radius 3 is 2.70 bits per heavy atom. The largest absolute Gasteiger partial charge is 0.397 e. The van der Waals surface area contributed by atoms with Crippen molar-refractivity contribution >= 4 is 23.4 Å². The summed E-state index contributed by atoms with van der Waals surface area (Å²) in [6.07, 6.45) is 1.59. The average molecular weight is 287 g/mol. The third-order valence-corrected chi connectivity index (χ3v) is 3.73. The molecule has 0 fully saturated rings. The molecule has 1 unspecified atom stereocenters. The minimum Gasteiger partial charge on any atom is -0.397 e. The topological polar surface area (TPSA) is 68.0 Å². The predicted octanol–water partition coefficient (Wildman–Crippen LogP) is 2.63. The van der Waals surface area contributed by atoms with Crippen LogP contribution in [0.2, 0.25) is 0 Å². The van der Waals surface area contributed by atoms with Crippen molar-refractivity contribution in [1.82, 2.24) is 10.3 Å². The monoisotopic (exact) mass is 287 g/mol. The first kappa shape index (κ1) is 14.4. The van der Waals surface area contributed by atoms with Gasteiger partial charge in [0.25, 0.3) is 0 Å². The lowest BCUT2D eigenvalue weighted by molar-refractivity contribution is -0.119. The number of nitrogen functional groups attached to an aromatic ring is 1. The molecule has 104 valence electrons. The number of aromatic nitrogens is 1. The Kier molecular flexibility index (Phi) is 5.01. The molecule has 0 aliphatic heterocycles. The smallest absolute Gasteiger partial charge is 0.230 e. The van der Waals surface area contributed by atoms with Crippen LogP contribution in [0, 0.1) is 0 Å². The summed E-state index contributed by atoms with van der Waals surface area (Å²) in [5, 5.41) is 3.76. The van der Waals surface area contributed by atoms with Gasteiger partial charge in [0.05, 0.1) is 28.7 Å². The van der Waals surface area contributed by atoms with E-state index in [1.54, 1.807) is 12.3 Å². The van der Waals surface area contributed by atoms with Crippen molar-refractivity contribution in [1.29, 1.82) is 0 Å². The second-order valence-electron chi connectivity index (χ2n) is 4.42. The van der Waals surface area contributed by atoms with Crippen LogP contribution in [0.5, 0.6) is 0 Å². The predicted molar refractivity (Wildman–Crippen MR) is 82.4 cm³/mol. The molecule has 1 aromatic carbocycles. The van der Waals surface area contributed by atoms with E-state index < -0.39 is 0 Å². The molecule has 1 aromatic heterocycles. The Labute approximate surface area is 122 Å². The van der Waals surface area contributed by atoms with Crippen molar-refractivity contribution in [3.8, 4) is 0 Å². The normalized spacial score (nSPS) is 11.8. The molecule has 4 nitrogen and oxygen atoms in total. The number of carbonyl (C=O) groups excluding carboxylic acids is 1. The maximum absolute atomic E-state index is 11.9. The number of nitrogens with one attached hydrogen (secondary N) is 1. The number of benzene rings is 1. The highest BCUT2D eigenvalue weighted by molar-refractivity contribution is 7.99. The van der Waals surface area contributed by atoms with Gasteiger partial charge in [-0.3, -0.25) is 4.79 Å². The van der Waals surface area contributed by atoms with Crippen LogP contribution in [0.3, 0.4) is 0 Å². The van der Waals surface area contributed by atoms with Crippen molar-refractivity contribution in [2.45, 2.75) is 18.0 Å². The first-order chi connectivity index (χ1) is 9.65. The molecule has 0 spiro atoms. The number of hydrogen-bond acceptors (Lipinski definition) is 4. The fourth-order valence-electron chi connectivity index (χ4n) is 1.72. The van der Waals surface area contributed by atoms with Gasteiger partial charge >= 0.3 is 0 Å². The van der Waals surface area contributed by atoms with Crippen LogP contribution in [-0.4, -0.2) is 16.6 Å². The fourth-order valence-corrected chi connectivity index (χ4v) is 2.38. The van der Waals surface area contributed by atoms with Crippen LogP contribution >= 0.6 is 11.8 Å². The molecule has 3 N–H and O–H groups in total. The second-order valence-corrected chi connectivity index (χ2v) is 5.41. The van der Waals surface area contributed by atoms with Gasteiger partial charge < -0.3 is 11.1 Å². The Morgan fingerprint density at radius 1 is 1.30 bits per heavy atom. The number of pyridine rings is 1. The lowest BCUT2D eigenvalue weighted by Gasteiger charge is -2.13. The molecule has 0 aliphatic carbocycles. The van der Waals surface area contributed by atoms with Gasteiger partial charge in [0.15, 0.2) is 0 Å². The summed E-state index contributed by atoms with van der Waals surface area (Å²) in [7, 11) is 0. The Bertz CT molecular complexity index is 557. The molecule has 20 heavy (non-hydrogen) atoms. The number of anilines is 1. The lowest BCUT2D eigenvalue weighted by atomic mass is 10.1. The quantitative estimate of drug-likeness (QED) is 0.830. The molecule has 2 aromatic rings. The molecule has 1 heterocycles. The van der Waals surface area contributed by atoms with Gasteiger partial charge in [0, 0.05) is 0 Å². The summed E-state index contributed by atoms with van der Waals surface area (Å²) in [6.45, 7) is 1.97. The zero-order valence-corrected chi connectivity index (χ0v) is 12.1. The van der Waals surface area contributed by atoms with E-state index in [1.807, 2.05) is 43.3 Å². The first-order valence-electron chi connectivity index (χ1n) is 6.34. The third-order valence-electron chi connectivity index (χ3n) is 2.79. The zero-order valence-electron chi connectivity index (χ0n) is 11.2. The summed E-state index contributed by atoms with van der Waals surface area (Å²) >= 11 is 1.40. The number of amides is 1. The molecule has 0 radical (unpaired) electrons. The van der Waals surface area contributed by atoms with Gasteiger partial charge in [-0.25, -0.2) is 4.98 Å². The van der Waals surface area contributed by atoms with E-state index in [2.05, 4.69) is 10.3 Å². The van der Waals surface area contributed by atoms with E-state index in [0.717, 1.165) is 10.6 Å². The highest BCUT2D eigenvalue weighted by Gasteiger charge is 2.09. The van der Waals surface area contributed by atoms with Gasteiger partial charge in [-0.2, -0.15) is 0 Å². The average Bonchev–Trinajstić information content (AvgIpc) is 2.47. The minimum absolute atomic E-state index is 0.00340. The minimum atomic E-state index is -0.00928. The van der Waals surface area contributed by atoms with Crippen molar-refractivity contribution in [3.05, 3.63) is 54.2 Å². The number of thioether (sulfide) groups is 1. The van der Waals surface area contributed by atoms with Gasteiger partial charge in [0.1, 0.15) is 0 Å². The van der Waals surface area contributed by atoms with Gasteiger partial charge in [-0.05, 0) is 24.6 Å². The molecular formula is C15H17N3OS. The molecule has 1 amide bonds. The summed E-state index contributed by atoms with van der Waals surface area (Å²) in [6, 6.07) is 13.5. The van der Waals surface area contributed by atoms with Crippen molar-refractivity contribution < 1.29 is 4.79 Å². The third kappa shape index (κ3) is 4.28. The van der Waals surface area contributed by atoms with E-state index in [4.69, 9.17) is 5.73 Å². The molecule has 5 heteroatoms. The van der Waals surface area contributed by atoms with Crippen LogP contribution in [0.4, 0.5) is 5.69 Å². The van der Waals surface area contributed by atoms with Crippen LogP contribution < -0.4 is 11.1 Å². The van der Waals surface area contributed by atoms with E-state index in [-0.39, 0.29) is 11.9 Å². The number of nitrogens with zero attached hydrogens (tertiary/aromatic N) is 1. The fraction of sp³-hybridized carbons (Fsp3) is 0.200. The molecular weight excluding hydrogens is 270 g/mol. The van der Waals surface area contributed by atoms with Crippen molar-refractivity contribution in [2.75, 3.05) is 11.5 Å². The molecule has 0 bridgehead atoms. The van der Waals surface area contributed by atoms with Crippen LogP contribution in [-0.2, 0) is 4.79 Å². The van der Waals surface area contributed by atoms with Gasteiger partial charge in [-0.1, -0.05) is 42.1 Å².